The molecule has 0 spiro atoms. The average molecular weight is 371 g/mol. The third kappa shape index (κ3) is 5.15. The molecule has 0 aliphatic heterocycles. The van der Waals surface area contributed by atoms with Gasteiger partial charge in [-0.15, -0.1) is 0 Å². The minimum atomic E-state index is -0.838. The number of amides is 1. The Hall–Kier alpha value is -3.68. The van der Waals surface area contributed by atoms with E-state index in [2.05, 4.69) is 14.8 Å². The van der Waals surface area contributed by atoms with E-state index >= 15 is 0 Å². The standard InChI is InChI=1S/C19H17NO7/c1-25-17(22)12-6-5-7-13(10-12)20-16(21)11-27-19(24)15-9-4-3-8-14(15)18(23)26-2/h3-10H,11H2,1-2H3,(H,20,21). The Morgan fingerprint density at radius 1 is 0.815 bits per heavy atom. The number of hydrogen-bond donors (Lipinski definition) is 1. The summed E-state index contributed by atoms with van der Waals surface area (Å²) in [6.45, 7) is -0.573. The third-order valence-electron chi connectivity index (χ3n) is 3.45. The molecule has 2 aromatic rings. The van der Waals surface area contributed by atoms with Crippen LogP contribution in [0, 0.1) is 0 Å². The van der Waals surface area contributed by atoms with Crippen LogP contribution in [0.3, 0.4) is 0 Å². The summed E-state index contributed by atoms with van der Waals surface area (Å²) in [4.78, 5) is 47.3. The summed E-state index contributed by atoms with van der Waals surface area (Å²) in [7, 11) is 2.44. The van der Waals surface area contributed by atoms with Crippen LogP contribution >= 0.6 is 0 Å². The van der Waals surface area contributed by atoms with E-state index in [0.717, 1.165) is 0 Å². The number of esters is 3. The topological polar surface area (TPSA) is 108 Å². The third-order valence-corrected chi connectivity index (χ3v) is 3.45. The van der Waals surface area contributed by atoms with Crippen molar-refractivity contribution in [1.29, 1.82) is 0 Å². The number of carbonyl (C=O) groups excluding carboxylic acids is 4. The summed E-state index contributed by atoms with van der Waals surface area (Å²) in [5.41, 5.74) is 0.634. The van der Waals surface area contributed by atoms with E-state index < -0.39 is 30.4 Å². The second-order valence-electron chi connectivity index (χ2n) is 5.23. The van der Waals surface area contributed by atoms with Gasteiger partial charge in [-0.25, -0.2) is 14.4 Å². The zero-order chi connectivity index (χ0) is 19.8. The van der Waals surface area contributed by atoms with Crippen molar-refractivity contribution in [3.63, 3.8) is 0 Å². The molecule has 0 unspecified atom stereocenters. The lowest BCUT2D eigenvalue weighted by Crippen LogP contribution is -2.22. The molecule has 2 rings (SSSR count). The highest BCUT2D eigenvalue weighted by atomic mass is 16.5. The van der Waals surface area contributed by atoms with Crippen LogP contribution in [0.1, 0.15) is 31.1 Å². The van der Waals surface area contributed by atoms with Gasteiger partial charge in [0.2, 0.25) is 0 Å². The smallest absolute Gasteiger partial charge is 0.339 e. The fraction of sp³-hybridized carbons (Fsp3) is 0.158. The van der Waals surface area contributed by atoms with Crippen molar-refractivity contribution >= 4 is 29.5 Å². The van der Waals surface area contributed by atoms with Gasteiger partial charge in [0.15, 0.2) is 6.61 Å². The lowest BCUT2D eigenvalue weighted by atomic mass is 10.1. The predicted molar refractivity (Wildman–Crippen MR) is 94.5 cm³/mol. The first kappa shape index (κ1) is 19.6. The summed E-state index contributed by atoms with van der Waals surface area (Å²) >= 11 is 0. The minimum absolute atomic E-state index is 0.00941. The van der Waals surface area contributed by atoms with Crippen LogP contribution in [0.5, 0.6) is 0 Å². The predicted octanol–water partition coefficient (Wildman–Crippen LogP) is 2.06. The fourth-order valence-corrected chi connectivity index (χ4v) is 2.20. The van der Waals surface area contributed by atoms with Crippen LogP contribution in [0.4, 0.5) is 5.69 Å². The average Bonchev–Trinajstić information content (AvgIpc) is 2.70. The number of carbonyl (C=O) groups is 4. The molecule has 1 amide bonds. The van der Waals surface area contributed by atoms with Crippen molar-refractivity contribution in [3.05, 3.63) is 65.2 Å². The van der Waals surface area contributed by atoms with Crippen LogP contribution < -0.4 is 5.32 Å². The van der Waals surface area contributed by atoms with Gasteiger partial charge in [0.05, 0.1) is 30.9 Å². The van der Waals surface area contributed by atoms with Crippen LogP contribution in [0.15, 0.2) is 48.5 Å². The quantitative estimate of drug-likeness (QED) is 0.611. The Labute approximate surface area is 155 Å². The summed E-state index contributed by atoms with van der Waals surface area (Å²) < 4.78 is 14.2. The van der Waals surface area contributed by atoms with E-state index in [1.165, 1.54) is 38.5 Å². The molecule has 8 heteroatoms. The molecule has 2 aromatic carbocycles. The summed E-state index contributed by atoms with van der Waals surface area (Å²) in [5, 5.41) is 2.50. The second kappa shape index (κ2) is 9.14. The Morgan fingerprint density at radius 2 is 1.44 bits per heavy atom. The number of methoxy groups -OCH3 is 2. The Balaban J connectivity index is 1.99. The highest BCUT2D eigenvalue weighted by molar-refractivity contribution is 6.04. The van der Waals surface area contributed by atoms with Crippen LogP contribution in [0.2, 0.25) is 0 Å². The minimum Gasteiger partial charge on any atom is -0.465 e. The molecular weight excluding hydrogens is 354 g/mol. The number of anilines is 1. The summed E-state index contributed by atoms with van der Waals surface area (Å²) in [6, 6.07) is 12.0. The fourth-order valence-electron chi connectivity index (χ4n) is 2.20. The van der Waals surface area contributed by atoms with E-state index in [9.17, 15) is 19.2 Å². The first-order valence-electron chi connectivity index (χ1n) is 7.79. The first-order chi connectivity index (χ1) is 13.0. The van der Waals surface area contributed by atoms with Gasteiger partial charge in [-0.1, -0.05) is 18.2 Å². The van der Waals surface area contributed by atoms with E-state index in [1.54, 1.807) is 24.3 Å². The van der Waals surface area contributed by atoms with Crippen molar-refractivity contribution in [3.8, 4) is 0 Å². The largest absolute Gasteiger partial charge is 0.465 e. The van der Waals surface area contributed by atoms with Crippen LogP contribution in [0.25, 0.3) is 0 Å². The van der Waals surface area contributed by atoms with Gasteiger partial charge in [0.25, 0.3) is 5.91 Å². The van der Waals surface area contributed by atoms with Crippen molar-refractivity contribution < 1.29 is 33.4 Å². The summed E-state index contributed by atoms with van der Waals surface area (Å²) in [6.07, 6.45) is 0. The normalized spacial score (nSPS) is 9.85. The van der Waals surface area contributed by atoms with Gasteiger partial charge in [0.1, 0.15) is 0 Å². The second-order valence-corrected chi connectivity index (χ2v) is 5.23. The number of hydrogen-bond acceptors (Lipinski definition) is 7. The maximum absolute atomic E-state index is 12.2. The van der Waals surface area contributed by atoms with Crippen molar-refractivity contribution in [1.82, 2.24) is 0 Å². The lowest BCUT2D eigenvalue weighted by Gasteiger charge is -2.09. The lowest BCUT2D eigenvalue weighted by molar-refractivity contribution is -0.119. The van der Waals surface area contributed by atoms with Gasteiger partial charge in [-0.2, -0.15) is 0 Å². The molecule has 0 aromatic heterocycles. The monoisotopic (exact) mass is 371 g/mol. The van der Waals surface area contributed by atoms with Gasteiger partial charge in [0, 0.05) is 5.69 Å². The van der Waals surface area contributed by atoms with Gasteiger partial charge >= 0.3 is 17.9 Å². The molecule has 0 saturated heterocycles. The zero-order valence-corrected chi connectivity index (χ0v) is 14.7. The number of nitrogens with one attached hydrogen (secondary N) is 1. The van der Waals surface area contributed by atoms with E-state index in [-0.39, 0.29) is 16.7 Å². The maximum atomic E-state index is 12.2. The first-order valence-corrected chi connectivity index (χ1v) is 7.79. The molecule has 0 aliphatic rings. The molecular formula is C19H17NO7. The molecule has 0 radical (unpaired) electrons. The van der Waals surface area contributed by atoms with Crippen LogP contribution in [-0.2, 0) is 19.0 Å². The number of rotatable bonds is 6. The zero-order valence-electron chi connectivity index (χ0n) is 14.7. The van der Waals surface area contributed by atoms with Gasteiger partial charge in [-0.05, 0) is 30.3 Å². The molecule has 0 heterocycles. The Kier molecular flexibility index (Phi) is 6.65. The highest BCUT2D eigenvalue weighted by Gasteiger charge is 2.19. The molecule has 1 N–H and O–H groups in total. The van der Waals surface area contributed by atoms with Crippen molar-refractivity contribution in [2.75, 3.05) is 26.1 Å². The molecule has 0 saturated carbocycles. The molecule has 8 nitrogen and oxygen atoms in total. The van der Waals surface area contributed by atoms with E-state index in [4.69, 9.17) is 4.74 Å². The molecule has 0 fully saturated rings. The van der Waals surface area contributed by atoms with Crippen molar-refractivity contribution in [2.24, 2.45) is 0 Å². The molecule has 27 heavy (non-hydrogen) atoms. The summed E-state index contributed by atoms with van der Waals surface area (Å²) in [5.74, 6) is -2.68. The number of ether oxygens (including phenoxy) is 3. The molecule has 0 aliphatic carbocycles. The van der Waals surface area contributed by atoms with Gasteiger partial charge in [-0.3, -0.25) is 4.79 Å². The molecule has 140 valence electrons. The van der Waals surface area contributed by atoms with Crippen molar-refractivity contribution in [2.45, 2.75) is 0 Å². The van der Waals surface area contributed by atoms with E-state index in [0.29, 0.717) is 5.69 Å². The number of benzene rings is 2. The SMILES string of the molecule is COC(=O)c1cccc(NC(=O)COC(=O)c2ccccc2C(=O)OC)c1. The van der Waals surface area contributed by atoms with Crippen LogP contribution in [-0.4, -0.2) is 44.6 Å². The van der Waals surface area contributed by atoms with Gasteiger partial charge < -0.3 is 19.5 Å². The Morgan fingerprint density at radius 3 is 2.07 bits per heavy atom. The maximum Gasteiger partial charge on any atom is 0.339 e. The van der Waals surface area contributed by atoms with E-state index in [1.807, 2.05) is 0 Å². The Bertz CT molecular complexity index is 876. The molecule has 0 bridgehead atoms. The molecule has 0 atom stereocenters. The highest BCUT2D eigenvalue weighted by Crippen LogP contribution is 2.13.